The second kappa shape index (κ2) is 17.3. The first-order valence-electron chi connectivity index (χ1n) is 9.78. The molecule has 28 heavy (non-hydrogen) atoms. The molecule has 2 rings (SSSR count). The number of hydrogen-bond donors (Lipinski definition) is 1. The van der Waals surface area contributed by atoms with Crippen molar-refractivity contribution in [2.24, 2.45) is 11.0 Å². The Morgan fingerprint density at radius 2 is 1.86 bits per heavy atom. The van der Waals surface area contributed by atoms with Gasteiger partial charge in [-0.1, -0.05) is 76.9 Å². The fourth-order valence-electron chi connectivity index (χ4n) is 1.89. The third-order valence-electron chi connectivity index (χ3n) is 3.20. The Labute approximate surface area is 181 Å². The van der Waals surface area contributed by atoms with E-state index in [1.54, 1.807) is 30.1 Å². The molecule has 6 heteroatoms. The van der Waals surface area contributed by atoms with Crippen LogP contribution in [0.4, 0.5) is 5.69 Å². The Bertz CT molecular complexity index is 643. The van der Waals surface area contributed by atoms with Gasteiger partial charge in [0.25, 0.3) is 0 Å². The van der Waals surface area contributed by atoms with E-state index in [-0.39, 0.29) is 11.8 Å². The number of carbonyl (C=O) groups is 1. The summed E-state index contributed by atoms with van der Waals surface area (Å²) in [7, 11) is 0. The van der Waals surface area contributed by atoms with Crippen LogP contribution in [0.5, 0.6) is 0 Å². The average Bonchev–Trinajstić information content (AvgIpc) is 3.07. The lowest BCUT2D eigenvalue weighted by Gasteiger charge is -2.14. The Morgan fingerprint density at radius 1 is 1.29 bits per heavy atom. The van der Waals surface area contributed by atoms with Crippen molar-refractivity contribution in [2.45, 2.75) is 54.9 Å². The van der Waals surface area contributed by atoms with E-state index in [0.717, 1.165) is 12.1 Å². The Balaban J connectivity index is 0. The van der Waals surface area contributed by atoms with E-state index in [1.807, 2.05) is 46.8 Å². The van der Waals surface area contributed by atoms with Gasteiger partial charge in [0.2, 0.25) is 5.91 Å². The maximum atomic E-state index is 11.6. The summed E-state index contributed by atoms with van der Waals surface area (Å²) in [5, 5.41) is 9.99. The number of benzene rings is 1. The molecule has 0 saturated carbocycles. The minimum Gasteiger partial charge on any atom is -0.309 e. The number of rotatable bonds is 3. The molecule has 0 aromatic heterocycles. The smallest absolute Gasteiger partial charge is 0.248 e. The molecule has 4 nitrogen and oxygen atoms in total. The van der Waals surface area contributed by atoms with Crippen LogP contribution in [0.15, 0.2) is 48.1 Å². The summed E-state index contributed by atoms with van der Waals surface area (Å²) < 4.78 is 0. The summed E-state index contributed by atoms with van der Waals surface area (Å²) in [4.78, 5) is 11.6. The Kier molecular flexibility index (Phi) is 17.6. The highest BCUT2D eigenvalue weighted by Gasteiger charge is 2.25. The molecule has 0 aliphatic carbocycles. The third-order valence-corrected chi connectivity index (χ3v) is 3.94. The van der Waals surface area contributed by atoms with E-state index >= 15 is 0 Å². The highest BCUT2D eigenvalue weighted by molar-refractivity contribution is 6.42. The molecule has 1 heterocycles. The highest BCUT2D eigenvalue weighted by Crippen LogP contribution is 2.29. The fourth-order valence-corrected chi connectivity index (χ4v) is 2.18. The Morgan fingerprint density at radius 3 is 2.32 bits per heavy atom. The first kappa shape index (κ1) is 28.4. The quantitative estimate of drug-likeness (QED) is 0.413. The van der Waals surface area contributed by atoms with E-state index in [1.165, 1.54) is 6.08 Å². The second-order valence-corrected chi connectivity index (χ2v) is 6.07. The molecule has 1 aromatic rings. The maximum absolute atomic E-state index is 11.6. The number of nitrogens with one attached hydrogen (secondary N) is 1. The number of allylic oxidation sites excluding steroid dienone is 2. The summed E-state index contributed by atoms with van der Waals surface area (Å²) in [5.41, 5.74) is 0.849. The topological polar surface area (TPSA) is 44.7 Å². The molecule has 158 valence electrons. The van der Waals surface area contributed by atoms with Crippen LogP contribution in [0, 0.1) is 5.92 Å². The molecule has 1 aliphatic rings. The van der Waals surface area contributed by atoms with Crippen LogP contribution >= 0.6 is 23.2 Å². The predicted molar refractivity (Wildman–Crippen MR) is 127 cm³/mol. The normalized spacial score (nSPS) is 14.5. The van der Waals surface area contributed by atoms with Crippen molar-refractivity contribution < 1.29 is 4.79 Å². The summed E-state index contributed by atoms with van der Waals surface area (Å²) in [6.45, 7) is 18.0. The average molecular weight is 428 g/mol. The summed E-state index contributed by atoms with van der Waals surface area (Å²) >= 11 is 11.9. The maximum Gasteiger partial charge on any atom is 0.248 e. The first-order chi connectivity index (χ1) is 13.4. The standard InChI is InChI=1S/C14H15Cl2N3O.C4H8.2C2H6/c1-3-4-13(20)17-14-9(2)8-19(18-14)10-5-6-11(15)12(16)7-10;1-3-4-2;2*1-2/h3-7,9H,8H2,1-2H3,(H,17,18,20);3H,1,4H2,2H3;2*1-2H3/b4-3+;;;/t9-;;;/m0.../s1. The van der Waals surface area contributed by atoms with Crippen molar-refractivity contribution in [2.75, 3.05) is 11.6 Å². The molecular formula is C22H35Cl2N3O. The van der Waals surface area contributed by atoms with Gasteiger partial charge in [-0.3, -0.25) is 9.80 Å². The van der Waals surface area contributed by atoms with Crippen molar-refractivity contribution in [1.82, 2.24) is 5.32 Å². The molecule has 0 unspecified atom stereocenters. The molecule has 1 aliphatic heterocycles. The van der Waals surface area contributed by atoms with E-state index in [9.17, 15) is 4.79 Å². The van der Waals surface area contributed by atoms with Gasteiger partial charge in [-0.25, -0.2) is 0 Å². The van der Waals surface area contributed by atoms with E-state index in [2.05, 4.69) is 23.9 Å². The SMILES string of the molecule is C/C=C/C(=O)NC1=NN(c2ccc(Cl)c(Cl)c2)C[C@@H]1C.C=CCC.CC.CC. The van der Waals surface area contributed by atoms with Crippen molar-refractivity contribution in [3.8, 4) is 0 Å². The minimum atomic E-state index is -0.172. The van der Waals surface area contributed by atoms with Crippen LogP contribution in [-0.2, 0) is 4.79 Å². The van der Waals surface area contributed by atoms with E-state index < -0.39 is 0 Å². The number of carbonyl (C=O) groups excluding carboxylic acids is 1. The lowest BCUT2D eigenvalue weighted by Crippen LogP contribution is -2.32. The molecule has 0 bridgehead atoms. The fraction of sp³-hybridized carbons (Fsp3) is 0.455. The van der Waals surface area contributed by atoms with Crippen LogP contribution in [0.1, 0.15) is 54.9 Å². The monoisotopic (exact) mass is 427 g/mol. The van der Waals surface area contributed by atoms with Crippen LogP contribution in [0.2, 0.25) is 10.0 Å². The molecule has 0 spiro atoms. The zero-order chi connectivity index (χ0) is 22.1. The van der Waals surface area contributed by atoms with Gasteiger partial charge >= 0.3 is 0 Å². The number of nitrogens with zero attached hydrogens (tertiary/aromatic N) is 2. The van der Waals surface area contributed by atoms with Crippen molar-refractivity contribution >= 4 is 40.6 Å². The van der Waals surface area contributed by atoms with Gasteiger partial charge in [0.15, 0.2) is 0 Å². The molecular weight excluding hydrogens is 393 g/mol. The van der Waals surface area contributed by atoms with Gasteiger partial charge < -0.3 is 5.32 Å². The first-order valence-corrected chi connectivity index (χ1v) is 10.5. The molecule has 1 N–H and O–H groups in total. The largest absolute Gasteiger partial charge is 0.309 e. The summed E-state index contributed by atoms with van der Waals surface area (Å²) in [6, 6.07) is 5.34. The van der Waals surface area contributed by atoms with E-state index in [0.29, 0.717) is 22.4 Å². The second-order valence-electron chi connectivity index (χ2n) is 5.25. The summed E-state index contributed by atoms with van der Waals surface area (Å²) in [6.07, 6.45) is 6.11. The lowest BCUT2D eigenvalue weighted by atomic mass is 10.1. The highest BCUT2D eigenvalue weighted by atomic mass is 35.5. The van der Waals surface area contributed by atoms with Crippen molar-refractivity contribution in [3.05, 3.63) is 53.1 Å². The van der Waals surface area contributed by atoms with Gasteiger partial charge in [-0.05, 0) is 37.6 Å². The van der Waals surface area contributed by atoms with Crippen LogP contribution in [-0.4, -0.2) is 18.3 Å². The van der Waals surface area contributed by atoms with Crippen molar-refractivity contribution in [3.63, 3.8) is 0 Å². The molecule has 0 radical (unpaired) electrons. The number of anilines is 1. The van der Waals surface area contributed by atoms with Gasteiger partial charge in [0, 0.05) is 5.92 Å². The lowest BCUT2D eigenvalue weighted by molar-refractivity contribution is -0.115. The zero-order valence-corrected chi connectivity index (χ0v) is 19.7. The third kappa shape index (κ3) is 10.5. The zero-order valence-electron chi connectivity index (χ0n) is 18.2. The van der Waals surface area contributed by atoms with Gasteiger partial charge in [0.1, 0.15) is 5.84 Å². The summed E-state index contributed by atoms with van der Waals surface area (Å²) in [5.74, 6) is 0.618. The van der Waals surface area contributed by atoms with Gasteiger partial charge in [0.05, 0.1) is 22.3 Å². The van der Waals surface area contributed by atoms with Gasteiger partial charge in [-0.2, -0.15) is 5.10 Å². The van der Waals surface area contributed by atoms with Crippen LogP contribution in [0.25, 0.3) is 0 Å². The molecule has 1 atom stereocenters. The minimum absolute atomic E-state index is 0.138. The van der Waals surface area contributed by atoms with Crippen LogP contribution in [0.3, 0.4) is 0 Å². The van der Waals surface area contributed by atoms with Crippen molar-refractivity contribution in [1.29, 1.82) is 0 Å². The number of amides is 1. The molecule has 0 saturated heterocycles. The van der Waals surface area contributed by atoms with Crippen LogP contribution < -0.4 is 10.3 Å². The molecule has 1 aromatic carbocycles. The number of hydrazone groups is 1. The number of halogens is 2. The van der Waals surface area contributed by atoms with E-state index in [4.69, 9.17) is 23.2 Å². The van der Waals surface area contributed by atoms with Gasteiger partial charge in [-0.15, -0.1) is 6.58 Å². The Hall–Kier alpha value is -1.78. The number of amidine groups is 1. The predicted octanol–water partition coefficient (Wildman–Crippen LogP) is 7.09. The molecule has 1 amide bonds. The molecule has 0 fully saturated rings. The number of hydrogen-bond acceptors (Lipinski definition) is 3.